The van der Waals surface area contributed by atoms with Gasteiger partial charge >= 0.3 is 0 Å². The van der Waals surface area contributed by atoms with E-state index < -0.39 is 28.5 Å². The molecule has 1 unspecified atom stereocenters. The maximum atomic E-state index is 13.7. The second-order valence-electron chi connectivity index (χ2n) is 8.16. The fraction of sp³-hybridized carbons (Fsp3) is 0.259. The van der Waals surface area contributed by atoms with Gasteiger partial charge in [0.1, 0.15) is 12.6 Å². The van der Waals surface area contributed by atoms with Crippen LogP contribution in [0.1, 0.15) is 18.9 Å². The van der Waals surface area contributed by atoms with E-state index >= 15 is 0 Å². The minimum Gasteiger partial charge on any atom is -0.357 e. The molecule has 0 aliphatic carbocycles. The minimum absolute atomic E-state index is 0.0786. The number of benzene rings is 3. The van der Waals surface area contributed by atoms with Crippen molar-refractivity contribution in [2.24, 2.45) is 0 Å². The fourth-order valence-electron chi connectivity index (χ4n) is 3.92. The second kappa shape index (κ2) is 12.7. The molecule has 3 aromatic rings. The summed E-state index contributed by atoms with van der Waals surface area (Å²) < 4.78 is 29.2. The first-order valence-corrected chi connectivity index (χ1v) is 13.9. The van der Waals surface area contributed by atoms with E-state index in [0.717, 1.165) is 14.3 Å². The monoisotopic (exact) mass is 571 g/mol. The van der Waals surface area contributed by atoms with Crippen molar-refractivity contribution < 1.29 is 18.0 Å². The Morgan fingerprint density at radius 3 is 2.06 bits per heavy atom. The van der Waals surface area contributed by atoms with Crippen molar-refractivity contribution in [1.29, 1.82) is 0 Å². The molecule has 0 spiro atoms. The first kappa shape index (κ1) is 27.4. The van der Waals surface area contributed by atoms with Crippen molar-refractivity contribution in [3.8, 4) is 0 Å². The predicted molar refractivity (Wildman–Crippen MR) is 145 cm³/mol. The lowest BCUT2D eigenvalue weighted by atomic mass is 10.1. The normalized spacial score (nSPS) is 12.0. The van der Waals surface area contributed by atoms with E-state index in [1.165, 1.54) is 24.1 Å². The topological polar surface area (TPSA) is 86.8 Å². The van der Waals surface area contributed by atoms with E-state index in [4.69, 9.17) is 0 Å². The number of hydrogen-bond acceptors (Lipinski definition) is 4. The summed E-state index contributed by atoms with van der Waals surface area (Å²) in [5.41, 5.74) is 1.37. The van der Waals surface area contributed by atoms with Crippen molar-refractivity contribution >= 4 is 43.5 Å². The van der Waals surface area contributed by atoms with Gasteiger partial charge in [0.05, 0.1) is 10.6 Å². The van der Waals surface area contributed by atoms with Gasteiger partial charge in [-0.05, 0) is 54.8 Å². The number of carbonyl (C=O) groups excluding carboxylic acids is 2. The van der Waals surface area contributed by atoms with Gasteiger partial charge in [-0.2, -0.15) is 0 Å². The summed E-state index contributed by atoms with van der Waals surface area (Å²) in [5, 5.41) is 2.63. The molecule has 0 saturated heterocycles. The molecule has 0 aliphatic rings. The molecule has 3 rings (SSSR count). The number of nitrogens with one attached hydrogen (secondary N) is 1. The quantitative estimate of drug-likeness (QED) is 0.373. The number of hydrogen-bond donors (Lipinski definition) is 1. The zero-order chi connectivity index (χ0) is 26.1. The molecule has 3 aromatic carbocycles. The van der Waals surface area contributed by atoms with Crippen molar-refractivity contribution in [3.63, 3.8) is 0 Å². The molecule has 0 aliphatic heterocycles. The Labute approximate surface area is 221 Å². The van der Waals surface area contributed by atoms with Crippen molar-refractivity contribution in [3.05, 3.63) is 95.0 Å². The van der Waals surface area contributed by atoms with Crippen molar-refractivity contribution in [2.75, 3.05) is 24.4 Å². The number of likely N-dealkylation sites (N-methyl/N-ethyl adjacent to an activating group) is 1. The summed E-state index contributed by atoms with van der Waals surface area (Å²) in [5.74, 6) is -0.746. The summed E-state index contributed by atoms with van der Waals surface area (Å²) in [6.45, 7) is 1.66. The minimum atomic E-state index is -4.05. The third-order valence-electron chi connectivity index (χ3n) is 5.84. The van der Waals surface area contributed by atoms with Gasteiger partial charge in [-0.1, -0.05) is 71.4 Å². The highest BCUT2D eigenvalue weighted by Gasteiger charge is 2.33. The largest absolute Gasteiger partial charge is 0.357 e. The number of sulfonamides is 1. The van der Waals surface area contributed by atoms with Crippen LogP contribution >= 0.6 is 15.9 Å². The van der Waals surface area contributed by atoms with Gasteiger partial charge in [0.25, 0.3) is 10.0 Å². The van der Waals surface area contributed by atoms with E-state index in [-0.39, 0.29) is 17.3 Å². The highest BCUT2D eigenvalue weighted by Crippen LogP contribution is 2.26. The molecule has 0 fully saturated rings. The molecular formula is C27H30BrN3O4S. The average Bonchev–Trinajstić information content (AvgIpc) is 2.90. The SMILES string of the molecule is CCC(C(=O)NC)N(CCc1ccccc1)C(=O)CN(c1ccc(Br)cc1)S(=O)(=O)c1ccccc1. The van der Waals surface area contributed by atoms with Crippen LogP contribution in [-0.2, 0) is 26.0 Å². The lowest BCUT2D eigenvalue weighted by Crippen LogP contribution is -2.52. The number of nitrogens with zero attached hydrogens (tertiary/aromatic N) is 2. The van der Waals surface area contributed by atoms with Crippen LogP contribution in [-0.4, -0.2) is 51.3 Å². The molecule has 0 aromatic heterocycles. The predicted octanol–water partition coefficient (Wildman–Crippen LogP) is 4.24. The van der Waals surface area contributed by atoms with Gasteiger partial charge in [-0.25, -0.2) is 8.42 Å². The van der Waals surface area contributed by atoms with Gasteiger partial charge < -0.3 is 10.2 Å². The Balaban J connectivity index is 1.98. The van der Waals surface area contributed by atoms with E-state index in [0.29, 0.717) is 18.5 Å². The molecule has 36 heavy (non-hydrogen) atoms. The maximum absolute atomic E-state index is 13.7. The molecule has 190 valence electrons. The van der Waals surface area contributed by atoms with E-state index in [1.807, 2.05) is 37.3 Å². The molecule has 0 heterocycles. The molecule has 0 bridgehead atoms. The van der Waals surface area contributed by atoms with Crippen LogP contribution in [0.25, 0.3) is 0 Å². The third kappa shape index (κ3) is 6.73. The number of rotatable bonds is 11. The first-order valence-electron chi connectivity index (χ1n) is 11.7. The lowest BCUT2D eigenvalue weighted by Gasteiger charge is -2.33. The second-order valence-corrected chi connectivity index (χ2v) is 10.9. The highest BCUT2D eigenvalue weighted by molar-refractivity contribution is 9.10. The standard InChI is InChI=1S/C27H30BrN3O4S/c1-3-25(27(33)29-2)30(19-18-21-10-6-4-7-11-21)26(32)20-31(23-16-14-22(28)15-17-23)36(34,35)24-12-8-5-9-13-24/h4-17,25H,3,18-20H2,1-2H3,(H,29,33). The molecule has 7 nitrogen and oxygen atoms in total. The highest BCUT2D eigenvalue weighted by atomic mass is 79.9. The number of anilines is 1. The van der Waals surface area contributed by atoms with Crippen molar-refractivity contribution in [2.45, 2.75) is 30.7 Å². The summed E-state index contributed by atoms with van der Waals surface area (Å²) in [7, 11) is -2.52. The molecular weight excluding hydrogens is 542 g/mol. The zero-order valence-corrected chi connectivity index (χ0v) is 22.7. The van der Waals surface area contributed by atoms with Crippen LogP contribution < -0.4 is 9.62 Å². The summed E-state index contributed by atoms with van der Waals surface area (Å²) in [6.07, 6.45) is 0.924. The van der Waals surface area contributed by atoms with Crippen LogP contribution in [0.2, 0.25) is 0 Å². The van der Waals surface area contributed by atoms with E-state index in [1.54, 1.807) is 42.5 Å². The average molecular weight is 573 g/mol. The molecule has 1 N–H and O–H groups in total. The number of halogens is 1. The van der Waals surface area contributed by atoms with Gasteiger partial charge in [0.2, 0.25) is 11.8 Å². The fourth-order valence-corrected chi connectivity index (χ4v) is 5.62. The molecule has 2 amide bonds. The number of amides is 2. The summed E-state index contributed by atoms with van der Waals surface area (Å²) in [4.78, 5) is 28.0. The summed E-state index contributed by atoms with van der Waals surface area (Å²) >= 11 is 3.37. The smallest absolute Gasteiger partial charge is 0.264 e. The van der Waals surface area contributed by atoms with Gasteiger partial charge in [-0.3, -0.25) is 13.9 Å². The van der Waals surface area contributed by atoms with Gasteiger partial charge in [0.15, 0.2) is 0 Å². The lowest BCUT2D eigenvalue weighted by molar-refractivity contribution is -0.139. The summed E-state index contributed by atoms with van der Waals surface area (Å²) in [6, 6.07) is 23.7. The number of carbonyl (C=O) groups is 2. The third-order valence-corrected chi connectivity index (χ3v) is 8.16. The van der Waals surface area contributed by atoms with Crippen LogP contribution in [0.5, 0.6) is 0 Å². The molecule has 0 saturated carbocycles. The van der Waals surface area contributed by atoms with E-state index in [9.17, 15) is 18.0 Å². The zero-order valence-electron chi connectivity index (χ0n) is 20.3. The molecule has 9 heteroatoms. The first-order chi connectivity index (χ1) is 17.3. The van der Waals surface area contributed by atoms with Crippen LogP contribution in [0, 0.1) is 0 Å². The molecule has 1 atom stereocenters. The maximum Gasteiger partial charge on any atom is 0.264 e. The van der Waals surface area contributed by atoms with Gasteiger partial charge in [-0.15, -0.1) is 0 Å². The molecule has 0 radical (unpaired) electrons. The Hall–Kier alpha value is -3.17. The van der Waals surface area contributed by atoms with Crippen LogP contribution in [0.15, 0.2) is 94.3 Å². The Kier molecular flexibility index (Phi) is 9.66. The van der Waals surface area contributed by atoms with Crippen molar-refractivity contribution in [1.82, 2.24) is 10.2 Å². The Morgan fingerprint density at radius 2 is 1.50 bits per heavy atom. The Bertz CT molecular complexity index is 1250. The Morgan fingerprint density at radius 1 is 0.917 bits per heavy atom. The van der Waals surface area contributed by atoms with E-state index in [2.05, 4.69) is 21.2 Å². The van der Waals surface area contributed by atoms with Gasteiger partial charge in [0, 0.05) is 18.1 Å². The van der Waals surface area contributed by atoms with Crippen LogP contribution in [0.3, 0.4) is 0 Å². The van der Waals surface area contributed by atoms with Crippen LogP contribution in [0.4, 0.5) is 5.69 Å².